The van der Waals surface area contributed by atoms with Crippen LogP contribution >= 0.6 is 0 Å². The number of hydrogen-bond acceptors (Lipinski definition) is 3. The monoisotopic (exact) mass is 384 g/mol. The van der Waals surface area contributed by atoms with Crippen molar-refractivity contribution in [3.63, 3.8) is 0 Å². The maximum atomic E-state index is 13.9. The Morgan fingerprint density at radius 1 is 1.15 bits per heavy atom. The molecule has 27 heavy (non-hydrogen) atoms. The predicted molar refractivity (Wildman–Crippen MR) is 85.4 cm³/mol. The van der Waals surface area contributed by atoms with Crippen molar-refractivity contribution in [2.24, 2.45) is 0 Å². The first-order valence-corrected chi connectivity index (χ1v) is 8.59. The highest BCUT2D eigenvalue weighted by atomic mass is 19.2. The molecule has 1 amide bonds. The molecule has 10 heteroatoms. The summed E-state index contributed by atoms with van der Waals surface area (Å²) in [5, 5.41) is 4.13. The van der Waals surface area contributed by atoms with Gasteiger partial charge in [-0.05, 0) is 18.9 Å². The van der Waals surface area contributed by atoms with Gasteiger partial charge >= 0.3 is 5.69 Å². The van der Waals surface area contributed by atoms with E-state index in [0.717, 1.165) is 4.68 Å². The summed E-state index contributed by atoms with van der Waals surface area (Å²) in [6.07, 6.45) is 0.453. The molecular formula is C17H16F4N4O2. The van der Waals surface area contributed by atoms with E-state index >= 15 is 0 Å². The molecule has 2 aromatic rings. The Hall–Kier alpha value is -2.65. The highest BCUT2D eigenvalue weighted by molar-refractivity contribution is 5.81. The largest absolute Gasteiger partial charge is 0.346 e. The number of aromatic nitrogens is 3. The SMILES string of the molecule is O=C([C@@H]1CCCc2nn(Cc3cc(F)c(F)cc3F)c(=O)n21)N1CC(F)C1. The fourth-order valence-corrected chi connectivity index (χ4v) is 3.53. The van der Waals surface area contributed by atoms with Crippen molar-refractivity contribution >= 4 is 5.91 Å². The van der Waals surface area contributed by atoms with Crippen LogP contribution in [0.15, 0.2) is 16.9 Å². The third-order valence-corrected chi connectivity index (χ3v) is 4.97. The van der Waals surface area contributed by atoms with E-state index in [2.05, 4.69) is 5.10 Å². The summed E-state index contributed by atoms with van der Waals surface area (Å²) in [6.45, 7) is -0.375. The number of amides is 1. The molecule has 1 atom stereocenters. The van der Waals surface area contributed by atoms with Gasteiger partial charge in [-0.3, -0.25) is 9.36 Å². The maximum absolute atomic E-state index is 13.9. The van der Waals surface area contributed by atoms with Gasteiger partial charge in [0.2, 0.25) is 5.91 Å². The van der Waals surface area contributed by atoms with Crippen LogP contribution in [-0.2, 0) is 17.8 Å². The summed E-state index contributed by atoms with van der Waals surface area (Å²) < 4.78 is 55.6. The molecule has 1 fully saturated rings. The van der Waals surface area contributed by atoms with E-state index in [9.17, 15) is 27.2 Å². The van der Waals surface area contributed by atoms with Crippen molar-refractivity contribution in [1.82, 2.24) is 19.2 Å². The molecule has 0 aliphatic carbocycles. The van der Waals surface area contributed by atoms with E-state index in [0.29, 0.717) is 37.2 Å². The number of nitrogens with zero attached hydrogens (tertiary/aromatic N) is 4. The Bertz CT molecular complexity index is 965. The van der Waals surface area contributed by atoms with E-state index in [-0.39, 0.29) is 31.1 Å². The molecule has 0 N–H and O–H groups in total. The quantitative estimate of drug-likeness (QED) is 0.596. The zero-order chi connectivity index (χ0) is 19.3. The van der Waals surface area contributed by atoms with Gasteiger partial charge in [0, 0.05) is 18.1 Å². The first-order chi connectivity index (χ1) is 12.8. The number of alkyl halides is 1. The summed E-state index contributed by atoms with van der Waals surface area (Å²) in [5.74, 6) is -3.52. The van der Waals surface area contributed by atoms with Crippen LogP contribution in [0.4, 0.5) is 17.6 Å². The highest BCUT2D eigenvalue weighted by Crippen LogP contribution is 2.26. The van der Waals surface area contributed by atoms with Gasteiger partial charge in [-0.1, -0.05) is 0 Å². The molecule has 0 bridgehead atoms. The summed E-state index contributed by atoms with van der Waals surface area (Å²) >= 11 is 0. The third-order valence-electron chi connectivity index (χ3n) is 4.97. The van der Waals surface area contributed by atoms with Crippen LogP contribution in [0, 0.1) is 17.5 Å². The summed E-state index contributed by atoms with van der Waals surface area (Å²) in [4.78, 5) is 26.6. The Balaban J connectivity index is 1.65. The second-order valence-electron chi connectivity index (χ2n) is 6.83. The lowest BCUT2D eigenvalue weighted by atomic mass is 10.0. The summed E-state index contributed by atoms with van der Waals surface area (Å²) in [7, 11) is 0. The van der Waals surface area contributed by atoms with Crippen molar-refractivity contribution in [3.8, 4) is 0 Å². The molecular weight excluding hydrogens is 368 g/mol. The number of benzene rings is 1. The lowest BCUT2D eigenvalue weighted by Crippen LogP contribution is -2.54. The van der Waals surface area contributed by atoms with Gasteiger partial charge in [0.15, 0.2) is 11.6 Å². The van der Waals surface area contributed by atoms with Crippen LogP contribution in [-0.4, -0.2) is 44.4 Å². The molecule has 3 heterocycles. The predicted octanol–water partition coefficient (Wildman–Crippen LogP) is 1.57. The van der Waals surface area contributed by atoms with Gasteiger partial charge in [0.25, 0.3) is 0 Å². The normalized spacial score (nSPS) is 19.7. The minimum atomic E-state index is -1.32. The smallest absolute Gasteiger partial charge is 0.335 e. The molecule has 2 aliphatic heterocycles. The molecule has 0 radical (unpaired) electrons. The minimum Gasteiger partial charge on any atom is -0.335 e. The van der Waals surface area contributed by atoms with Crippen molar-refractivity contribution in [3.05, 3.63) is 51.5 Å². The number of aryl methyl sites for hydroxylation is 1. The van der Waals surface area contributed by atoms with E-state index in [1.807, 2.05) is 0 Å². The molecule has 0 saturated carbocycles. The fourth-order valence-electron chi connectivity index (χ4n) is 3.53. The summed E-state index contributed by atoms with van der Waals surface area (Å²) in [6, 6.07) is 0.312. The van der Waals surface area contributed by atoms with Crippen molar-refractivity contribution < 1.29 is 22.4 Å². The molecule has 6 nitrogen and oxygen atoms in total. The number of likely N-dealkylation sites (tertiary alicyclic amines) is 1. The zero-order valence-corrected chi connectivity index (χ0v) is 14.2. The molecule has 1 aromatic carbocycles. The van der Waals surface area contributed by atoms with E-state index in [1.165, 1.54) is 9.47 Å². The van der Waals surface area contributed by atoms with Gasteiger partial charge < -0.3 is 4.90 Å². The number of halogens is 4. The standard InChI is InChI=1S/C17H16F4N4O2/c18-10-7-23(8-10)16(26)14-2-1-3-15-22-24(17(27)25(14)15)6-9-4-12(20)13(21)5-11(9)19/h4-5,10,14H,1-3,6-8H2/t14-/m0/s1. The molecule has 0 unspecified atom stereocenters. The van der Waals surface area contributed by atoms with Gasteiger partial charge in [0.1, 0.15) is 23.9 Å². The Kier molecular flexibility index (Phi) is 4.27. The lowest BCUT2D eigenvalue weighted by molar-refractivity contribution is -0.142. The van der Waals surface area contributed by atoms with Crippen LogP contribution < -0.4 is 5.69 Å². The summed E-state index contributed by atoms with van der Waals surface area (Å²) in [5.41, 5.74) is -0.859. The average molecular weight is 384 g/mol. The Labute approximate surface area is 151 Å². The number of hydrogen-bond donors (Lipinski definition) is 0. The second-order valence-corrected chi connectivity index (χ2v) is 6.83. The Morgan fingerprint density at radius 2 is 1.85 bits per heavy atom. The molecule has 144 valence electrons. The van der Waals surface area contributed by atoms with E-state index in [4.69, 9.17) is 0 Å². The van der Waals surface area contributed by atoms with Crippen molar-refractivity contribution in [1.29, 1.82) is 0 Å². The Morgan fingerprint density at radius 3 is 2.56 bits per heavy atom. The molecule has 1 saturated heterocycles. The maximum Gasteiger partial charge on any atom is 0.346 e. The second kappa shape index (κ2) is 6.50. The van der Waals surface area contributed by atoms with E-state index in [1.54, 1.807) is 0 Å². The van der Waals surface area contributed by atoms with Crippen LogP contribution in [0.1, 0.15) is 30.3 Å². The zero-order valence-electron chi connectivity index (χ0n) is 14.2. The van der Waals surface area contributed by atoms with E-state index < -0.39 is 35.4 Å². The van der Waals surface area contributed by atoms with Crippen LogP contribution in [0.25, 0.3) is 0 Å². The number of carbonyl (C=O) groups is 1. The highest BCUT2D eigenvalue weighted by Gasteiger charge is 2.38. The number of rotatable bonds is 3. The first kappa shape index (κ1) is 17.7. The van der Waals surface area contributed by atoms with Crippen LogP contribution in [0.3, 0.4) is 0 Å². The first-order valence-electron chi connectivity index (χ1n) is 8.59. The van der Waals surface area contributed by atoms with Crippen LogP contribution in [0.2, 0.25) is 0 Å². The topological polar surface area (TPSA) is 60.1 Å². The molecule has 1 aromatic heterocycles. The fraction of sp³-hybridized carbons (Fsp3) is 0.471. The van der Waals surface area contributed by atoms with Gasteiger partial charge in [0.05, 0.1) is 19.6 Å². The average Bonchev–Trinajstić information content (AvgIpc) is 2.92. The lowest BCUT2D eigenvalue weighted by Gasteiger charge is -2.37. The molecule has 0 spiro atoms. The molecule has 4 rings (SSSR count). The third kappa shape index (κ3) is 3.02. The van der Waals surface area contributed by atoms with Crippen molar-refractivity contribution in [2.45, 2.75) is 38.0 Å². The number of carbonyl (C=O) groups excluding carboxylic acids is 1. The van der Waals surface area contributed by atoms with Gasteiger partial charge in [-0.25, -0.2) is 27.0 Å². The van der Waals surface area contributed by atoms with Gasteiger partial charge in [-0.15, -0.1) is 0 Å². The minimum absolute atomic E-state index is 0.00756. The van der Waals surface area contributed by atoms with Gasteiger partial charge in [-0.2, -0.15) is 5.10 Å². The van der Waals surface area contributed by atoms with Crippen molar-refractivity contribution in [2.75, 3.05) is 13.1 Å². The van der Waals surface area contributed by atoms with Crippen LogP contribution in [0.5, 0.6) is 0 Å². The molecule has 2 aliphatic rings. The number of fused-ring (bicyclic) bond motifs is 1.